The number of amides is 1. The van der Waals surface area contributed by atoms with Crippen LogP contribution < -0.4 is 5.32 Å². The maximum absolute atomic E-state index is 11.5. The van der Waals surface area contributed by atoms with Crippen LogP contribution in [-0.2, 0) is 11.3 Å². The lowest BCUT2D eigenvalue weighted by molar-refractivity contribution is 0.146. The number of carbonyl (C=O) groups is 1. The molecule has 0 bridgehead atoms. The SMILES string of the molecule is O=C(NCCCn1ccnc1)OCC(S)c1ncc[nH]1. The second kappa shape index (κ2) is 7.59. The molecule has 2 rings (SSSR count). The Kier molecular flexibility index (Phi) is 5.48. The zero-order chi connectivity index (χ0) is 14.2. The predicted octanol–water partition coefficient (Wildman–Crippen LogP) is 1.39. The first-order chi connectivity index (χ1) is 9.75. The topological polar surface area (TPSA) is 84.8 Å². The van der Waals surface area contributed by atoms with E-state index in [2.05, 4.69) is 32.9 Å². The number of nitrogens with one attached hydrogen (secondary N) is 2. The molecular formula is C12H17N5O2S. The van der Waals surface area contributed by atoms with E-state index >= 15 is 0 Å². The number of aryl methyl sites for hydroxylation is 1. The standard InChI is InChI=1S/C12H17N5O2S/c18-12(16-2-1-6-17-7-5-13-9-17)19-8-10(20)11-14-3-4-15-11/h3-5,7,9-10,20H,1-2,6,8H2,(H,14,15)(H,16,18). The monoisotopic (exact) mass is 295 g/mol. The lowest BCUT2D eigenvalue weighted by atomic mass is 10.4. The van der Waals surface area contributed by atoms with E-state index < -0.39 is 6.09 Å². The van der Waals surface area contributed by atoms with Crippen molar-refractivity contribution in [2.24, 2.45) is 0 Å². The minimum Gasteiger partial charge on any atom is -0.448 e. The summed E-state index contributed by atoms with van der Waals surface area (Å²) in [7, 11) is 0. The quantitative estimate of drug-likeness (QED) is 0.532. The van der Waals surface area contributed by atoms with E-state index in [-0.39, 0.29) is 11.9 Å². The highest BCUT2D eigenvalue weighted by molar-refractivity contribution is 7.80. The minimum atomic E-state index is -0.443. The fourth-order valence-electron chi connectivity index (χ4n) is 1.62. The van der Waals surface area contributed by atoms with Gasteiger partial charge in [-0.25, -0.2) is 14.8 Å². The molecule has 2 aromatic heterocycles. The summed E-state index contributed by atoms with van der Waals surface area (Å²) in [4.78, 5) is 22.4. The molecule has 108 valence electrons. The van der Waals surface area contributed by atoms with Crippen molar-refractivity contribution in [3.8, 4) is 0 Å². The molecule has 2 aromatic rings. The highest BCUT2D eigenvalue weighted by Gasteiger charge is 2.11. The molecule has 1 amide bonds. The lowest BCUT2D eigenvalue weighted by Gasteiger charge is -2.10. The van der Waals surface area contributed by atoms with Crippen molar-refractivity contribution in [1.82, 2.24) is 24.8 Å². The highest BCUT2D eigenvalue weighted by Crippen LogP contribution is 2.15. The number of ether oxygens (including phenoxy) is 1. The highest BCUT2D eigenvalue weighted by atomic mass is 32.1. The molecule has 0 saturated carbocycles. The lowest BCUT2D eigenvalue weighted by Crippen LogP contribution is -2.27. The first-order valence-electron chi connectivity index (χ1n) is 6.29. The van der Waals surface area contributed by atoms with Crippen LogP contribution in [0.25, 0.3) is 0 Å². The molecule has 0 aliphatic rings. The number of nitrogens with zero attached hydrogens (tertiary/aromatic N) is 3. The van der Waals surface area contributed by atoms with E-state index in [4.69, 9.17) is 4.74 Å². The molecule has 0 aliphatic carbocycles. The fourth-order valence-corrected chi connectivity index (χ4v) is 1.83. The molecule has 0 saturated heterocycles. The Morgan fingerprint density at radius 3 is 3.15 bits per heavy atom. The third-order valence-electron chi connectivity index (χ3n) is 2.63. The predicted molar refractivity (Wildman–Crippen MR) is 76.5 cm³/mol. The van der Waals surface area contributed by atoms with Crippen molar-refractivity contribution < 1.29 is 9.53 Å². The van der Waals surface area contributed by atoms with Gasteiger partial charge >= 0.3 is 6.09 Å². The molecule has 1 unspecified atom stereocenters. The summed E-state index contributed by atoms with van der Waals surface area (Å²) in [5, 5.41) is 2.44. The van der Waals surface area contributed by atoms with Crippen molar-refractivity contribution in [2.45, 2.75) is 18.2 Å². The molecule has 2 heterocycles. The van der Waals surface area contributed by atoms with Crippen molar-refractivity contribution in [3.05, 3.63) is 36.9 Å². The largest absolute Gasteiger partial charge is 0.448 e. The summed E-state index contributed by atoms with van der Waals surface area (Å²) in [6.07, 6.45) is 9.06. The molecule has 0 spiro atoms. The van der Waals surface area contributed by atoms with Crippen LogP contribution in [0.2, 0.25) is 0 Å². The number of thiol groups is 1. The zero-order valence-electron chi connectivity index (χ0n) is 10.9. The summed E-state index contributed by atoms with van der Waals surface area (Å²) in [6.45, 7) is 1.53. The van der Waals surface area contributed by atoms with Crippen LogP contribution in [0.5, 0.6) is 0 Å². The first-order valence-corrected chi connectivity index (χ1v) is 6.81. The van der Waals surface area contributed by atoms with Gasteiger partial charge in [0, 0.05) is 37.9 Å². The second-order valence-corrected chi connectivity index (χ2v) is 4.79. The van der Waals surface area contributed by atoms with Gasteiger partial charge < -0.3 is 19.6 Å². The summed E-state index contributed by atoms with van der Waals surface area (Å²) in [5.41, 5.74) is 0. The van der Waals surface area contributed by atoms with Crippen LogP contribution in [0.3, 0.4) is 0 Å². The van der Waals surface area contributed by atoms with E-state index in [0.717, 1.165) is 13.0 Å². The third kappa shape index (κ3) is 4.61. The number of imidazole rings is 2. The summed E-state index contributed by atoms with van der Waals surface area (Å²) in [5.74, 6) is 0.682. The van der Waals surface area contributed by atoms with Gasteiger partial charge in [0.05, 0.1) is 11.6 Å². The molecule has 2 N–H and O–H groups in total. The van der Waals surface area contributed by atoms with Gasteiger partial charge in [-0.15, -0.1) is 0 Å². The first kappa shape index (κ1) is 14.4. The van der Waals surface area contributed by atoms with E-state index in [1.165, 1.54) is 0 Å². The summed E-state index contributed by atoms with van der Waals surface area (Å²) < 4.78 is 7.01. The molecule has 0 fully saturated rings. The average Bonchev–Trinajstić information content (AvgIpc) is 3.13. The van der Waals surface area contributed by atoms with Gasteiger partial charge in [-0.1, -0.05) is 0 Å². The normalized spacial score (nSPS) is 12.1. The number of hydrogen-bond acceptors (Lipinski definition) is 5. The van der Waals surface area contributed by atoms with E-state index in [1.54, 1.807) is 24.9 Å². The Bertz CT molecular complexity index is 500. The van der Waals surface area contributed by atoms with Crippen LogP contribution in [-0.4, -0.2) is 38.8 Å². The number of aromatic amines is 1. The molecule has 8 heteroatoms. The third-order valence-corrected chi connectivity index (χ3v) is 3.02. The van der Waals surface area contributed by atoms with Gasteiger partial charge in [0.2, 0.25) is 0 Å². The molecule has 1 atom stereocenters. The van der Waals surface area contributed by atoms with Gasteiger partial charge in [0.25, 0.3) is 0 Å². The van der Waals surface area contributed by atoms with Gasteiger partial charge in [-0.3, -0.25) is 0 Å². The number of H-pyrrole nitrogens is 1. The number of aromatic nitrogens is 4. The Morgan fingerprint density at radius 1 is 1.55 bits per heavy atom. The molecule has 0 radical (unpaired) electrons. The molecule has 0 aromatic carbocycles. The second-order valence-electron chi connectivity index (χ2n) is 4.17. The number of alkyl carbamates (subject to hydrolysis) is 1. The van der Waals surface area contributed by atoms with Gasteiger partial charge in [-0.05, 0) is 6.42 Å². The fraction of sp³-hybridized carbons (Fsp3) is 0.417. The molecule has 7 nitrogen and oxygen atoms in total. The Balaban J connectivity index is 1.56. The van der Waals surface area contributed by atoms with Crippen molar-refractivity contribution in [2.75, 3.05) is 13.2 Å². The molecule has 0 aliphatic heterocycles. The Hall–Kier alpha value is -1.96. The van der Waals surface area contributed by atoms with Crippen molar-refractivity contribution >= 4 is 18.7 Å². The summed E-state index contributed by atoms with van der Waals surface area (Å²) >= 11 is 4.30. The average molecular weight is 295 g/mol. The number of carbonyl (C=O) groups excluding carboxylic acids is 1. The van der Waals surface area contributed by atoms with E-state index in [0.29, 0.717) is 12.4 Å². The minimum absolute atomic E-state index is 0.171. The van der Waals surface area contributed by atoms with Gasteiger partial charge in [0.15, 0.2) is 0 Å². The maximum atomic E-state index is 11.5. The van der Waals surface area contributed by atoms with E-state index in [9.17, 15) is 4.79 Å². The van der Waals surface area contributed by atoms with E-state index in [1.807, 2.05) is 10.8 Å². The molecule has 20 heavy (non-hydrogen) atoms. The number of hydrogen-bond donors (Lipinski definition) is 3. The van der Waals surface area contributed by atoms with Crippen LogP contribution >= 0.6 is 12.6 Å². The number of rotatable bonds is 7. The van der Waals surface area contributed by atoms with Crippen LogP contribution in [0, 0.1) is 0 Å². The van der Waals surface area contributed by atoms with Crippen LogP contribution in [0.4, 0.5) is 4.79 Å². The van der Waals surface area contributed by atoms with Gasteiger partial charge in [0.1, 0.15) is 12.4 Å². The zero-order valence-corrected chi connectivity index (χ0v) is 11.8. The maximum Gasteiger partial charge on any atom is 0.407 e. The summed E-state index contributed by atoms with van der Waals surface area (Å²) in [6, 6.07) is 0. The Labute approximate surface area is 122 Å². The van der Waals surface area contributed by atoms with Crippen molar-refractivity contribution in [1.29, 1.82) is 0 Å². The smallest absolute Gasteiger partial charge is 0.407 e. The van der Waals surface area contributed by atoms with Crippen molar-refractivity contribution in [3.63, 3.8) is 0 Å². The van der Waals surface area contributed by atoms with Crippen LogP contribution in [0.15, 0.2) is 31.1 Å². The van der Waals surface area contributed by atoms with Gasteiger partial charge in [-0.2, -0.15) is 12.6 Å². The van der Waals surface area contributed by atoms with Crippen LogP contribution in [0.1, 0.15) is 17.5 Å². The molecular weight excluding hydrogens is 278 g/mol. The Morgan fingerprint density at radius 2 is 2.45 bits per heavy atom.